The average molecular weight is 722 g/mol. The van der Waals surface area contributed by atoms with Crippen LogP contribution in [0.15, 0.2) is 95.7 Å². The number of nitrogens with zero attached hydrogens (tertiary/aromatic N) is 3. The minimum atomic E-state index is -3.99. The van der Waals surface area contributed by atoms with Gasteiger partial charge in [0.25, 0.3) is 11.6 Å². The van der Waals surface area contributed by atoms with Crippen LogP contribution in [-0.4, -0.2) is 91.9 Å². The Hall–Kier alpha value is -5.29. The molecule has 0 unspecified atom stereocenters. The van der Waals surface area contributed by atoms with Crippen LogP contribution in [-0.2, 0) is 24.3 Å². The Morgan fingerprint density at radius 2 is 1.78 bits per heavy atom. The number of benzene rings is 3. The number of amides is 1. The number of non-ortho nitro benzene ring substituents is 1. The molecule has 0 spiro atoms. The molecule has 1 amide bonds. The molecule has 51 heavy (non-hydrogen) atoms. The van der Waals surface area contributed by atoms with E-state index in [4.69, 9.17) is 14.2 Å². The number of allylic oxidation sites excluding steroid dienone is 1. The van der Waals surface area contributed by atoms with Gasteiger partial charge in [-0.1, -0.05) is 18.2 Å². The third-order valence-electron chi connectivity index (χ3n) is 8.27. The van der Waals surface area contributed by atoms with Gasteiger partial charge in [0.15, 0.2) is 5.76 Å². The van der Waals surface area contributed by atoms with Gasteiger partial charge in [0.2, 0.25) is 22.2 Å². The first-order valence-corrected chi connectivity index (χ1v) is 17.6. The number of anilines is 1. The molecule has 1 aliphatic heterocycles. The number of rotatable bonds is 16. The van der Waals surface area contributed by atoms with E-state index in [0.717, 1.165) is 15.3 Å². The monoisotopic (exact) mass is 721 g/mol. The fourth-order valence-corrected chi connectivity index (χ4v) is 7.13. The lowest BCUT2D eigenvalue weighted by atomic mass is 9.92. The summed E-state index contributed by atoms with van der Waals surface area (Å²) in [6.07, 6.45) is 2.72. The summed E-state index contributed by atoms with van der Waals surface area (Å²) in [6, 6.07) is 19.2. The Morgan fingerprint density at radius 3 is 2.45 bits per heavy atom. The summed E-state index contributed by atoms with van der Waals surface area (Å²) in [6.45, 7) is 1.16. The molecule has 4 aromatic rings. The van der Waals surface area contributed by atoms with E-state index in [1.54, 1.807) is 29.0 Å². The van der Waals surface area contributed by atoms with Crippen molar-refractivity contribution in [1.82, 2.24) is 14.2 Å². The summed E-state index contributed by atoms with van der Waals surface area (Å²) >= 11 is 0. The molecule has 0 fully saturated rings. The number of ether oxygens (including phenoxy) is 3. The number of methoxy groups -OCH3 is 1. The van der Waals surface area contributed by atoms with Crippen LogP contribution in [0.3, 0.4) is 0 Å². The molecule has 0 aliphatic carbocycles. The first kappa shape index (κ1) is 37.0. The second-order valence-corrected chi connectivity index (χ2v) is 13.5. The van der Waals surface area contributed by atoms with Crippen molar-refractivity contribution in [2.24, 2.45) is 0 Å². The number of carbonyl (C=O) groups excluding carboxylic acids is 2. The number of carbonyl (C=O) groups is 2. The van der Waals surface area contributed by atoms with E-state index in [-0.39, 0.29) is 54.9 Å². The number of hydrogen-bond acceptors (Lipinski definition) is 11. The number of para-hydroxylation sites is 1. The summed E-state index contributed by atoms with van der Waals surface area (Å²) in [5.41, 5.74) is 2.10. The summed E-state index contributed by atoms with van der Waals surface area (Å²) in [7, 11) is -2.51. The lowest BCUT2D eigenvalue weighted by Crippen LogP contribution is -2.38. The number of aromatic nitrogens is 1. The van der Waals surface area contributed by atoms with E-state index in [9.17, 15) is 33.2 Å². The van der Waals surface area contributed by atoms with Gasteiger partial charge in [-0.3, -0.25) is 24.3 Å². The standard InChI is InChI=1S/C35H39N5O10S/c1-24(42)39-23-31(30-5-3-4-6-32(30)39)25-21-33(35(43)37-16-15-36-26-7-9-27(10-8-26)40(44)45)50-34(22-25)49-20-18-38(17-19-41)51(46,47)29-13-11-28(48-2)12-14-29/h3-14,21,23,25,34,36,41H,15-20,22H2,1-2H3,(H,37,43)/t25-,34+/m0/s1. The van der Waals surface area contributed by atoms with Gasteiger partial charge in [0.1, 0.15) is 5.75 Å². The average Bonchev–Trinajstić information content (AvgIpc) is 3.53. The minimum absolute atomic E-state index is 0.00990. The third kappa shape index (κ3) is 8.90. The molecule has 0 radical (unpaired) electrons. The highest BCUT2D eigenvalue weighted by atomic mass is 32.2. The van der Waals surface area contributed by atoms with E-state index in [0.29, 0.717) is 23.5 Å². The van der Waals surface area contributed by atoms with Crippen molar-refractivity contribution in [2.75, 3.05) is 51.8 Å². The molecule has 16 heteroatoms. The number of hydrogen-bond donors (Lipinski definition) is 3. The van der Waals surface area contributed by atoms with Crippen molar-refractivity contribution in [1.29, 1.82) is 0 Å². The van der Waals surface area contributed by atoms with Gasteiger partial charge in [0.05, 0.1) is 35.7 Å². The molecule has 1 aliphatic rings. The van der Waals surface area contributed by atoms with Crippen molar-refractivity contribution in [3.63, 3.8) is 0 Å². The molecule has 1 aromatic heterocycles. The van der Waals surface area contributed by atoms with E-state index in [1.165, 1.54) is 50.4 Å². The van der Waals surface area contributed by atoms with Gasteiger partial charge < -0.3 is 30.0 Å². The van der Waals surface area contributed by atoms with Crippen molar-refractivity contribution < 1.29 is 42.2 Å². The number of aliphatic hydroxyl groups is 1. The first-order chi connectivity index (χ1) is 24.5. The highest BCUT2D eigenvalue weighted by molar-refractivity contribution is 7.89. The fraction of sp³-hybridized carbons (Fsp3) is 0.314. The predicted molar refractivity (Wildman–Crippen MR) is 188 cm³/mol. The van der Waals surface area contributed by atoms with Gasteiger partial charge in [-0.05, 0) is 54.1 Å². The summed E-state index contributed by atoms with van der Waals surface area (Å²) in [5, 5.41) is 27.3. The van der Waals surface area contributed by atoms with Crippen LogP contribution in [0.5, 0.6) is 5.75 Å². The van der Waals surface area contributed by atoms with Crippen LogP contribution in [0.4, 0.5) is 11.4 Å². The summed E-state index contributed by atoms with van der Waals surface area (Å²) in [4.78, 5) is 36.3. The maximum absolute atomic E-state index is 13.4. The molecule has 0 saturated carbocycles. The summed E-state index contributed by atoms with van der Waals surface area (Å²) < 4.78 is 46.6. The smallest absolute Gasteiger partial charge is 0.286 e. The predicted octanol–water partition coefficient (Wildman–Crippen LogP) is 3.86. The van der Waals surface area contributed by atoms with Crippen LogP contribution in [0.1, 0.15) is 29.6 Å². The van der Waals surface area contributed by atoms with Gasteiger partial charge in [0, 0.05) is 74.8 Å². The maximum Gasteiger partial charge on any atom is 0.286 e. The number of sulfonamides is 1. The van der Waals surface area contributed by atoms with Crippen molar-refractivity contribution in [2.45, 2.75) is 30.4 Å². The van der Waals surface area contributed by atoms with Crippen molar-refractivity contribution in [3.8, 4) is 5.75 Å². The van der Waals surface area contributed by atoms with Crippen molar-refractivity contribution >= 4 is 44.1 Å². The maximum atomic E-state index is 13.4. The van der Waals surface area contributed by atoms with Crippen LogP contribution in [0.25, 0.3) is 10.9 Å². The van der Waals surface area contributed by atoms with Crippen LogP contribution < -0.4 is 15.4 Å². The van der Waals surface area contributed by atoms with Crippen molar-refractivity contribution in [3.05, 3.63) is 107 Å². The van der Waals surface area contributed by atoms with E-state index in [1.807, 2.05) is 24.3 Å². The molecule has 3 aromatic carbocycles. The third-order valence-corrected chi connectivity index (χ3v) is 10.2. The minimum Gasteiger partial charge on any atom is -0.497 e. The van der Waals surface area contributed by atoms with Crippen LogP contribution in [0.2, 0.25) is 0 Å². The first-order valence-electron chi connectivity index (χ1n) is 16.1. The Morgan fingerprint density at radius 1 is 1.06 bits per heavy atom. The molecule has 15 nitrogen and oxygen atoms in total. The van der Waals surface area contributed by atoms with Gasteiger partial charge >= 0.3 is 0 Å². The number of nitro groups is 1. The lowest BCUT2D eigenvalue weighted by Gasteiger charge is -2.30. The number of nitro benzene ring substituents is 1. The lowest BCUT2D eigenvalue weighted by molar-refractivity contribution is -0.384. The second kappa shape index (κ2) is 16.6. The largest absolute Gasteiger partial charge is 0.497 e. The molecule has 270 valence electrons. The molecule has 3 N–H and O–H groups in total. The summed E-state index contributed by atoms with van der Waals surface area (Å²) in [5.74, 6) is -0.621. The molecule has 2 atom stereocenters. The zero-order chi connectivity index (χ0) is 36.5. The Balaban J connectivity index is 1.30. The number of aliphatic hydroxyl groups excluding tert-OH is 1. The van der Waals surface area contributed by atoms with Crippen LogP contribution >= 0.6 is 0 Å². The fourth-order valence-electron chi connectivity index (χ4n) is 5.71. The highest BCUT2D eigenvalue weighted by Crippen LogP contribution is 2.36. The highest BCUT2D eigenvalue weighted by Gasteiger charge is 2.32. The zero-order valence-electron chi connectivity index (χ0n) is 28.1. The number of fused-ring (bicyclic) bond motifs is 1. The normalized spacial score (nSPS) is 16.0. The van der Waals surface area contributed by atoms with E-state index >= 15 is 0 Å². The SMILES string of the molecule is COc1ccc(S(=O)(=O)N(CCO)CCO[C@H]2C[C@@H](c3cn(C(C)=O)c4ccccc34)C=C(C(=O)NCCNc3ccc([N+](=O)[O-])cc3)O2)cc1. The Bertz CT molecular complexity index is 2000. The second-order valence-electron chi connectivity index (χ2n) is 11.6. The van der Waals surface area contributed by atoms with Gasteiger partial charge in [-0.15, -0.1) is 0 Å². The molecular weight excluding hydrogens is 682 g/mol. The van der Waals surface area contributed by atoms with E-state index < -0.39 is 39.7 Å². The number of nitrogens with one attached hydrogen (secondary N) is 2. The topological polar surface area (TPSA) is 192 Å². The Labute approximate surface area is 294 Å². The molecule has 0 saturated heterocycles. The van der Waals surface area contributed by atoms with Gasteiger partial charge in [-0.2, -0.15) is 4.31 Å². The Kier molecular flexibility index (Phi) is 12.0. The van der Waals surface area contributed by atoms with Crippen LogP contribution in [0, 0.1) is 10.1 Å². The molecule has 0 bridgehead atoms. The zero-order valence-corrected chi connectivity index (χ0v) is 28.9. The molecule has 2 heterocycles. The van der Waals surface area contributed by atoms with E-state index in [2.05, 4.69) is 10.6 Å². The van der Waals surface area contributed by atoms with Gasteiger partial charge in [-0.25, -0.2) is 8.42 Å². The quantitative estimate of drug-likeness (QED) is 0.0865. The molecular formula is C35H39N5O10S. The molecule has 5 rings (SSSR count).